The molecule has 1 aromatic heterocycles. The summed E-state index contributed by atoms with van der Waals surface area (Å²) >= 11 is 6.06. The number of halogens is 1. The van der Waals surface area contributed by atoms with Crippen LogP contribution in [-0.4, -0.2) is 19.1 Å². The molecule has 0 atom stereocenters. The van der Waals surface area contributed by atoms with Gasteiger partial charge in [0.25, 0.3) is 0 Å². The van der Waals surface area contributed by atoms with Gasteiger partial charge in [-0.1, -0.05) is 11.6 Å². The first-order valence-electron chi connectivity index (χ1n) is 6.27. The van der Waals surface area contributed by atoms with Crippen molar-refractivity contribution in [1.82, 2.24) is 10.3 Å². The Balaban J connectivity index is 2.14. The Morgan fingerprint density at radius 3 is 2.80 bits per heavy atom. The average Bonchev–Trinajstić information content (AvgIpc) is 2.47. The predicted octanol–water partition coefficient (Wildman–Crippen LogP) is 3.04. The van der Waals surface area contributed by atoms with Crippen molar-refractivity contribution in [2.75, 3.05) is 14.2 Å². The number of methoxy groups -OCH3 is 1. The van der Waals surface area contributed by atoms with Crippen molar-refractivity contribution in [2.45, 2.75) is 13.2 Å². The third kappa shape index (κ3) is 3.62. The van der Waals surface area contributed by atoms with E-state index in [1.54, 1.807) is 19.5 Å². The minimum Gasteiger partial charge on any atom is -0.497 e. The van der Waals surface area contributed by atoms with Gasteiger partial charge in [0.15, 0.2) is 0 Å². The smallest absolute Gasteiger partial charge is 0.124 e. The van der Waals surface area contributed by atoms with Crippen LogP contribution in [0, 0.1) is 0 Å². The SMILES string of the molecule is CNCc1cc(OC)ccc1OCc1ccncc1Cl. The highest BCUT2D eigenvalue weighted by Gasteiger charge is 2.07. The number of hydrogen-bond acceptors (Lipinski definition) is 4. The van der Waals surface area contributed by atoms with Crippen molar-refractivity contribution in [3.8, 4) is 11.5 Å². The third-order valence-corrected chi connectivity index (χ3v) is 3.21. The number of hydrogen-bond donors (Lipinski definition) is 1. The highest BCUT2D eigenvalue weighted by molar-refractivity contribution is 6.31. The molecule has 1 aromatic carbocycles. The number of ether oxygens (including phenoxy) is 2. The molecule has 0 unspecified atom stereocenters. The van der Waals surface area contributed by atoms with Gasteiger partial charge in [-0.3, -0.25) is 4.98 Å². The maximum absolute atomic E-state index is 6.06. The van der Waals surface area contributed by atoms with E-state index in [1.165, 1.54) is 0 Å². The van der Waals surface area contributed by atoms with E-state index in [-0.39, 0.29) is 0 Å². The lowest BCUT2D eigenvalue weighted by atomic mass is 10.2. The minimum absolute atomic E-state index is 0.407. The van der Waals surface area contributed by atoms with E-state index in [0.29, 0.717) is 18.2 Å². The minimum atomic E-state index is 0.407. The first-order chi connectivity index (χ1) is 9.74. The van der Waals surface area contributed by atoms with Crippen LogP contribution in [0.15, 0.2) is 36.7 Å². The summed E-state index contributed by atoms with van der Waals surface area (Å²) in [5, 5.41) is 3.72. The van der Waals surface area contributed by atoms with Crippen LogP contribution in [0.5, 0.6) is 11.5 Å². The molecule has 4 nitrogen and oxygen atoms in total. The normalized spacial score (nSPS) is 10.3. The second-order valence-electron chi connectivity index (χ2n) is 4.26. The summed E-state index contributed by atoms with van der Waals surface area (Å²) in [6.45, 7) is 1.11. The predicted molar refractivity (Wildman–Crippen MR) is 79.3 cm³/mol. The molecular formula is C15H17ClN2O2. The van der Waals surface area contributed by atoms with E-state index in [2.05, 4.69) is 10.3 Å². The molecule has 0 radical (unpaired) electrons. The highest BCUT2D eigenvalue weighted by atomic mass is 35.5. The number of nitrogens with zero attached hydrogens (tertiary/aromatic N) is 1. The summed E-state index contributed by atoms with van der Waals surface area (Å²) in [7, 11) is 3.54. The molecule has 5 heteroatoms. The molecule has 2 rings (SSSR count). The van der Waals surface area contributed by atoms with E-state index in [0.717, 1.165) is 22.6 Å². The van der Waals surface area contributed by atoms with Crippen LogP contribution in [0.3, 0.4) is 0 Å². The van der Waals surface area contributed by atoms with E-state index < -0.39 is 0 Å². The first kappa shape index (κ1) is 14.6. The fraction of sp³-hybridized carbons (Fsp3) is 0.267. The van der Waals surface area contributed by atoms with Gasteiger partial charge in [-0.2, -0.15) is 0 Å². The molecule has 1 heterocycles. The first-order valence-corrected chi connectivity index (χ1v) is 6.65. The fourth-order valence-corrected chi connectivity index (χ4v) is 2.00. The number of rotatable bonds is 6. The van der Waals surface area contributed by atoms with Gasteiger partial charge in [0.2, 0.25) is 0 Å². The van der Waals surface area contributed by atoms with Crippen molar-refractivity contribution in [3.05, 3.63) is 52.8 Å². The van der Waals surface area contributed by atoms with Crippen LogP contribution < -0.4 is 14.8 Å². The lowest BCUT2D eigenvalue weighted by molar-refractivity contribution is 0.301. The van der Waals surface area contributed by atoms with Crippen molar-refractivity contribution < 1.29 is 9.47 Å². The Hall–Kier alpha value is -1.78. The van der Waals surface area contributed by atoms with E-state index in [1.807, 2.05) is 31.3 Å². The summed E-state index contributed by atoms with van der Waals surface area (Å²) in [5.41, 5.74) is 1.95. The summed E-state index contributed by atoms with van der Waals surface area (Å²) in [6.07, 6.45) is 3.32. The monoisotopic (exact) mass is 292 g/mol. The van der Waals surface area contributed by atoms with Crippen molar-refractivity contribution in [2.24, 2.45) is 0 Å². The van der Waals surface area contributed by atoms with E-state index in [4.69, 9.17) is 21.1 Å². The van der Waals surface area contributed by atoms with Crippen molar-refractivity contribution >= 4 is 11.6 Å². The topological polar surface area (TPSA) is 43.4 Å². The zero-order chi connectivity index (χ0) is 14.4. The Morgan fingerprint density at radius 2 is 2.10 bits per heavy atom. The van der Waals surface area contributed by atoms with Gasteiger partial charge in [-0.15, -0.1) is 0 Å². The number of pyridine rings is 1. The summed E-state index contributed by atoms with van der Waals surface area (Å²) in [4.78, 5) is 3.96. The lowest BCUT2D eigenvalue weighted by Crippen LogP contribution is -2.08. The molecule has 1 N–H and O–H groups in total. The Labute approximate surface area is 123 Å². The number of nitrogens with one attached hydrogen (secondary N) is 1. The second-order valence-corrected chi connectivity index (χ2v) is 4.67. The molecule has 20 heavy (non-hydrogen) atoms. The average molecular weight is 293 g/mol. The maximum atomic E-state index is 6.06. The molecule has 2 aromatic rings. The molecule has 0 spiro atoms. The fourth-order valence-electron chi connectivity index (χ4n) is 1.83. The van der Waals surface area contributed by atoms with Gasteiger partial charge in [-0.25, -0.2) is 0 Å². The van der Waals surface area contributed by atoms with E-state index >= 15 is 0 Å². The van der Waals surface area contributed by atoms with Gasteiger partial charge in [0.1, 0.15) is 18.1 Å². The molecule has 0 saturated heterocycles. The maximum Gasteiger partial charge on any atom is 0.124 e. The molecule has 106 valence electrons. The molecule has 0 saturated carbocycles. The highest BCUT2D eigenvalue weighted by Crippen LogP contribution is 2.25. The quantitative estimate of drug-likeness (QED) is 0.889. The zero-order valence-corrected chi connectivity index (χ0v) is 12.3. The van der Waals surface area contributed by atoms with E-state index in [9.17, 15) is 0 Å². The van der Waals surface area contributed by atoms with Crippen LogP contribution in [-0.2, 0) is 13.2 Å². The van der Waals surface area contributed by atoms with Crippen molar-refractivity contribution in [1.29, 1.82) is 0 Å². The van der Waals surface area contributed by atoms with Gasteiger partial charge < -0.3 is 14.8 Å². The second kappa shape index (κ2) is 7.12. The third-order valence-electron chi connectivity index (χ3n) is 2.87. The molecule has 0 amide bonds. The van der Waals surface area contributed by atoms with Crippen LogP contribution in [0.25, 0.3) is 0 Å². The molecule has 0 aliphatic rings. The zero-order valence-electron chi connectivity index (χ0n) is 11.5. The number of aromatic nitrogens is 1. The van der Waals surface area contributed by atoms with Gasteiger partial charge >= 0.3 is 0 Å². The standard InChI is InChI=1S/C15H17ClN2O2/c1-17-8-12-7-13(19-2)3-4-15(12)20-10-11-5-6-18-9-14(11)16/h3-7,9,17H,8,10H2,1-2H3. The van der Waals surface area contributed by atoms with Gasteiger partial charge in [0, 0.05) is 30.1 Å². The summed E-state index contributed by atoms with van der Waals surface area (Å²) in [6, 6.07) is 7.59. The largest absolute Gasteiger partial charge is 0.497 e. The molecule has 0 bridgehead atoms. The van der Waals surface area contributed by atoms with Crippen molar-refractivity contribution in [3.63, 3.8) is 0 Å². The summed E-state index contributed by atoms with van der Waals surface area (Å²) in [5.74, 6) is 1.62. The van der Waals surface area contributed by atoms with Gasteiger partial charge in [-0.05, 0) is 31.3 Å². The van der Waals surface area contributed by atoms with Crippen LogP contribution in [0.4, 0.5) is 0 Å². The lowest BCUT2D eigenvalue weighted by Gasteiger charge is -2.13. The van der Waals surface area contributed by atoms with Crippen LogP contribution in [0.1, 0.15) is 11.1 Å². The Kier molecular flexibility index (Phi) is 5.21. The summed E-state index contributed by atoms with van der Waals surface area (Å²) < 4.78 is 11.1. The Morgan fingerprint density at radius 1 is 1.25 bits per heavy atom. The number of benzene rings is 1. The molecule has 0 aliphatic heterocycles. The molecule has 0 fully saturated rings. The Bertz CT molecular complexity index is 576. The molecular weight excluding hydrogens is 276 g/mol. The van der Waals surface area contributed by atoms with Crippen LogP contribution >= 0.6 is 11.6 Å². The molecule has 0 aliphatic carbocycles. The van der Waals surface area contributed by atoms with Gasteiger partial charge in [0.05, 0.1) is 12.1 Å². The van der Waals surface area contributed by atoms with Crippen LogP contribution in [0.2, 0.25) is 5.02 Å².